The summed E-state index contributed by atoms with van der Waals surface area (Å²) in [6.45, 7) is 0.549. The molecule has 1 saturated heterocycles. The number of nitrogens with zero attached hydrogens (tertiary/aromatic N) is 2. The molecule has 1 fully saturated rings. The van der Waals surface area contributed by atoms with Gasteiger partial charge in [0.05, 0.1) is 5.52 Å². The number of H-pyrrole nitrogens is 1. The van der Waals surface area contributed by atoms with Gasteiger partial charge in [-0.25, -0.2) is 0 Å². The molecule has 1 aliphatic rings. The highest BCUT2D eigenvalue weighted by atomic mass is 16.2. The first kappa shape index (κ1) is 12.7. The molecule has 6 heteroatoms. The third-order valence-corrected chi connectivity index (χ3v) is 3.77. The Morgan fingerprint density at radius 2 is 2.10 bits per heavy atom. The average Bonchev–Trinajstić information content (AvgIpc) is 2.90. The number of nitrogens with one attached hydrogen (secondary N) is 1. The SMILES string of the molecule is NC(=O)C1CCCCN1C(=O)c1n[nH]c2ccccc12. The summed E-state index contributed by atoms with van der Waals surface area (Å²) in [5.41, 5.74) is 6.56. The molecule has 2 aromatic rings. The number of aromatic nitrogens is 2. The summed E-state index contributed by atoms with van der Waals surface area (Å²) < 4.78 is 0. The lowest BCUT2D eigenvalue weighted by Gasteiger charge is -2.33. The minimum absolute atomic E-state index is 0.231. The number of para-hydroxylation sites is 1. The number of aromatic amines is 1. The fourth-order valence-corrected chi connectivity index (χ4v) is 2.73. The van der Waals surface area contributed by atoms with Crippen LogP contribution in [0.1, 0.15) is 29.8 Å². The molecule has 1 unspecified atom stereocenters. The lowest BCUT2D eigenvalue weighted by Crippen LogP contribution is -2.50. The van der Waals surface area contributed by atoms with E-state index in [1.807, 2.05) is 24.3 Å². The maximum absolute atomic E-state index is 12.6. The highest BCUT2D eigenvalue weighted by Crippen LogP contribution is 2.22. The molecule has 6 nitrogen and oxygen atoms in total. The Labute approximate surface area is 115 Å². The van der Waals surface area contributed by atoms with Gasteiger partial charge in [0.25, 0.3) is 5.91 Å². The van der Waals surface area contributed by atoms with E-state index in [0.29, 0.717) is 18.7 Å². The average molecular weight is 272 g/mol. The lowest BCUT2D eigenvalue weighted by atomic mass is 10.0. The minimum atomic E-state index is -0.522. The highest BCUT2D eigenvalue weighted by Gasteiger charge is 2.32. The van der Waals surface area contributed by atoms with Crippen LogP contribution in [-0.2, 0) is 4.79 Å². The highest BCUT2D eigenvalue weighted by molar-refractivity contribution is 6.05. The van der Waals surface area contributed by atoms with Gasteiger partial charge in [0, 0.05) is 11.9 Å². The monoisotopic (exact) mass is 272 g/mol. The Hall–Kier alpha value is -2.37. The van der Waals surface area contributed by atoms with E-state index in [9.17, 15) is 9.59 Å². The molecule has 1 atom stereocenters. The van der Waals surface area contributed by atoms with Gasteiger partial charge in [0.1, 0.15) is 6.04 Å². The molecule has 3 rings (SSSR count). The smallest absolute Gasteiger partial charge is 0.275 e. The molecule has 104 valence electrons. The van der Waals surface area contributed by atoms with Gasteiger partial charge in [-0.05, 0) is 25.3 Å². The third kappa shape index (κ3) is 2.03. The van der Waals surface area contributed by atoms with Crippen molar-refractivity contribution >= 4 is 22.7 Å². The molecule has 2 heterocycles. The first-order valence-electron chi connectivity index (χ1n) is 6.72. The molecular formula is C14H16N4O2. The van der Waals surface area contributed by atoms with Gasteiger partial charge in [-0.2, -0.15) is 5.10 Å². The number of piperidine rings is 1. The molecule has 20 heavy (non-hydrogen) atoms. The number of benzene rings is 1. The molecule has 3 N–H and O–H groups in total. The van der Waals surface area contributed by atoms with E-state index in [2.05, 4.69) is 10.2 Å². The number of hydrogen-bond donors (Lipinski definition) is 2. The summed E-state index contributed by atoms with van der Waals surface area (Å²) in [5.74, 6) is -0.677. The van der Waals surface area contributed by atoms with Crippen molar-refractivity contribution in [3.8, 4) is 0 Å². The maximum Gasteiger partial charge on any atom is 0.275 e. The summed E-state index contributed by atoms with van der Waals surface area (Å²) in [5, 5.41) is 7.70. The van der Waals surface area contributed by atoms with Gasteiger partial charge >= 0.3 is 0 Å². The van der Waals surface area contributed by atoms with Crippen molar-refractivity contribution < 1.29 is 9.59 Å². The van der Waals surface area contributed by atoms with Crippen LogP contribution in [0.4, 0.5) is 0 Å². The first-order valence-corrected chi connectivity index (χ1v) is 6.72. The number of nitrogens with two attached hydrogens (primary N) is 1. The zero-order valence-electron chi connectivity index (χ0n) is 11.0. The molecule has 0 spiro atoms. The summed E-state index contributed by atoms with van der Waals surface area (Å²) in [7, 11) is 0. The Morgan fingerprint density at radius 1 is 1.30 bits per heavy atom. The van der Waals surface area contributed by atoms with Crippen LogP contribution < -0.4 is 5.73 Å². The van der Waals surface area contributed by atoms with Gasteiger partial charge in [-0.1, -0.05) is 18.2 Å². The van der Waals surface area contributed by atoms with Gasteiger partial charge in [-0.3, -0.25) is 14.7 Å². The number of amides is 2. The Morgan fingerprint density at radius 3 is 2.90 bits per heavy atom. The molecular weight excluding hydrogens is 256 g/mol. The molecule has 1 aliphatic heterocycles. The maximum atomic E-state index is 12.6. The normalized spacial score (nSPS) is 19.2. The second kappa shape index (κ2) is 4.96. The van der Waals surface area contributed by atoms with Gasteiger partial charge in [0.15, 0.2) is 5.69 Å². The molecule has 0 aliphatic carbocycles. The summed E-state index contributed by atoms with van der Waals surface area (Å²) in [6.07, 6.45) is 2.43. The standard InChI is InChI=1S/C14H16N4O2/c15-13(19)11-7-3-4-8-18(11)14(20)12-9-5-1-2-6-10(9)16-17-12/h1-2,5-6,11H,3-4,7-8H2,(H2,15,19)(H,16,17). The Balaban J connectivity index is 1.96. The van der Waals surface area contributed by atoms with Crippen LogP contribution >= 0.6 is 0 Å². The first-order chi connectivity index (χ1) is 9.68. The molecule has 2 amide bonds. The van der Waals surface area contributed by atoms with Crippen molar-refractivity contribution in [3.63, 3.8) is 0 Å². The van der Waals surface area contributed by atoms with Crippen LogP contribution in [0.5, 0.6) is 0 Å². The van der Waals surface area contributed by atoms with E-state index in [1.54, 1.807) is 4.90 Å². The molecule has 1 aromatic heterocycles. The second-order valence-electron chi connectivity index (χ2n) is 5.03. The van der Waals surface area contributed by atoms with Gasteiger partial charge < -0.3 is 10.6 Å². The quantitative estimate of drug-likeness (QED) is 0.855. The van der Waals surface area contributed by atoms with E-state index in [4.69, 9.17) is 5.73 Å². The fraction of sp³-hybridized carbons (Fsp3) is 0.357. The predicted octanol–water partition coefficient (Wildman–Crippen LogP) is 1.04. The topological polar surface area (TPSA) is 92.1 Å². The largest absolute Gasteiger partial charge is 0.368 e. The summed E-state index contributed by atoms with van der Waals surface area (Å²) >= 11 is 0. The van der Waals surface area contributed by atoms with Crippen molar-refractivity contribution in [2.24, 2.45) is 5.73 Å². The van der Waals surface area contributed by atoms with Crippen LogP contribution in [0.3, 0.4) is 0 Å². The van der Waals surface area contributed by atoms with Gasteiger partial charge in [0.2, 0.25) is 5.91 Å². The predicted molar refractivity (Wildman–Crippen MR) is 74.0 cm³/mol. The van der Waals surface area contributed by atoms with Crippen LogP contribution in [0.15, 0.2) is 24.3 Å². The number of fused-ring (bicyclic) bond motifs is 1. The fourth-order valence-electron chi connectivity index (χ4n) is 2.73. The van der Waals surface area contributed by atoms with E-state index < -0.39 is 11.9 Å². The number of hydrogen-bond acceptors (Lipinski definition) is 3. The van der Waals surface area contributed by atoms with E-state index >= 15 is 0 Å². The number of primary amides is 1. The Kier molecular flexibility index (Phi) is 3.14. The number of carbonyl (C=O) groups excluding carboxylic acids is 2. The molecule has 0 radical (unpaired) electrons. The van der Waals surface area contributed by atoms with Crippen molar-refractivity contribution in [3.05, 3.63) is 30.0 Å². The van der Waals surface area contributed by atoms with Crippen LogP contribution in [0, 0.1) is 0 Å². The van der Waals surface area contributed by atoms with Crippen LogP contribution in [0.25, 0.3) is 10.9 Å². The van der Waals surface area contributed by atoms with Gasteiger partial charge in [-0.15, -0.1) is 0 Å². The number of rotatable bonds is 2. The Bertz CT molecular complexity index is 664. The third-order valence-electron chi connectivity index (χ3n) is 3.77. The molecule has 0 bridgehead atoms. The van der Waals surface area contributed by atoms with Crippen molar-refractivity contribution in [1.82, 2.24) is 15.1 Å². The van der Waals surface area contributed by atoms with Crippen molar-refractivity contribution in [1.29, 1.82) is 0 Å². The molecule has 1 aromatic carbocycles. The zero-order valence-corrected chi connectivity index (χ0v) is 11.0. The summed E-state index contributed by atoms with van der Waals surface area (Å²) in [4.78, 5) is 25.7. The van der Waals surface area contributed by atoms with E-state index in [-0.39, 0.29) is 5.91 Å². The summed E-state index contributed by atoms with van der Waals surface area (Å²) in [6, 6.07) is 6.92. The van der Waals surface area contributed by atoms with Crippen molar-refractivity contribution in [2.45, 2.75) is 25.3 Å². The van der Waals surface area contributed by atoms with Crippen LogP contribution in [0.2, 0.25) is 0 Å². The zero-order chi connectivity index (χ0) is 14.1. The lowest BCUT2D eigenvalue weighted by molar-refractivity contribution is -0.123. The van der Waals surface area contributed by atoms with Crippen LogP contribution in [-0.4, -0.2) is 39.5 Å². The van der Waals surface area contributed by atoms with Crippen molar-refractivity contribution in [2.75, 3.05) is 6.54 Å². The number of carbonyl (C=O) groups is 2. The van der Waals surface area contributed by atoms with E-state index in [0.717, 1.165) is 23.7 Å². The number of likely N-dealkylation sites (tertiary alicyclic amines) is 1. The van der Waals surface area contributed by atoms with E-state index in [1.165, 1.54) is 0 Å². The second-order valence-corrected chi connectivity index (χ2v) is 5.03. The molecule has 0 saturated carbocycles. The minimum Gasteiger partial charge on any atom is -0.368 e.